The second-order valence-corrected chi connectivity index (χ2v) is 13.5. The Kier molecular flexibility index (Phi) is 13.5. The third-order valence-electron chi connectivity index (χ3n) is 6.75. The summed E-state index contributed by atoms with van der Waals surface area (Å²) in [6.07, 6.45) is 12.3. The standard InChI is InChI=1S/C28H35S.C7H8O3S/c1-2-3-4-5-6-7-8-11-16-25-21-23-28(24-22-25)29(26-17-12-9-13-18-26)27-19-14-10-15-20-27;1-6-2-4-7(5-3-6)11(8,9)10/h9-10,12-15,17-24H,2-8,11,16H2,1H3;2-5H,1H3,(H,8,9,10)/q+1;/p-1. The summed E-state index contributed by atoms with van der Waals surface area (Å²) < 4.78 is 31.2. The van der Waals surface area contributed by atoms with Gasteiger partial charge in [0.05, 0.1) is 15.8 Å². The van der Waals surface area contributed by atoms with Crippen molar-refractivity contribution in [3.05, 3.63) is 120 Å². The maximum atomic E-state index is 10.4. The Labute approximate surface area is 244 Å². The molecule has 0 spiro atoms. The van der Waals surface area contributed by atoms with Crippen LogP contribution in [0.1, 0.15) is 69.4 Å². The summed E-state index contributed by atoms with van der Waals surface area (Å²) in [6.45, 7) is 4.11. The third-order valence-corrected chi connectivity index (χ3v) is 9.83. The SMILES string of the molecule is CCCCCCCCCCc1ccc([S+](c2ccccc2)c2ccccc2)cc1.Cc1ccc(S(=O)(=O)[O-])cc1. The molecule has 4 aromatic rings. The molecule has 0 saturated carbocycles. The largest absolute Gasteiger partial charge is 0.744 e. The molecule has 0 aliphatic carbocycles. The Balaban J connectivity index is 0.000000336. The van der Waals surface area contributed by atoms with Gasteiger partial charge in [0.1, 0.15) is 10.1 Å². The number of benzene rings is 4. The maximum absolute atomic E-state index is 10.4. The molecule has 0 radical (unpaired) electrons. The Morgan fingerprint density at radius 1 is 0.575 bits per heavy atom. The summed E-state index contributed by atoms with van der Waals surface area (Å²) in [5.74, 6) is 0. The molecular formula is C35H42O3S2. The first kappa shape index (κ1) is 31.7. The van der Waals surface area contributed by atoms with Gasteiger partial charge in [-0.2, -0.15) is 0 Å². The first-order valence-corrected chi connectivity index (χ1v) is 17.0. The molecule has 0 atom stereocenters. The molecular weight excluding hydrogens is 533 g/mol. The summed E-state index contributed by atoms with van der Waals surface area (Å²) in [5.41, 5.74) is 2.40. The van der Waals surface area contributed by atoms with Crippen molar-refractivity contribution in [1.29, 1.82) is 0 Å². The van der Waals surface area contributed by atoms with Crippen molar-refractivity contribution >= 4 is 21.0 Å². The van der Waals surface area contributed by atoms with Crippen LogP contribution in [0.5, 0.6) is 0 Å². The highest BCUT2D eigenvalue weighted by molar-refractivity contribution is 7.97. The lowest BCUT2D eigenvalue weighted by Crippen LogP contribution is -2.04. The highest BCUT2D eigenvalue weighted by atomic mass is 32.2. The highest BCUT2D eigenvalue weighted by Gasteiger charge is 2.27. The Morgan fingerprint density at radius 3 is 1.50 bits per heavy atom. The van der Waals surface area contributed by atoms with E-state index in [2.05, 4.69) is 91.9 Å². The van der Waals surface area contributed by atoms with Gasteiger partial charge in [0.2, 0.25) is 0 Å². The molecule has 0 unspecified atom stereocenters. The molecule has 40 heavy (non-hydrogen) atoms. The Morgan fingerprint density at radius 2 is 1.02 bits per heavy atom. The highest BCUT2D eigenvalue weighted by Crippen LogP contribution is 2.31. The van der Waals surface area contributed by atoms with E-state index in [1.54, 1.807) is 12.1 Å². The van der Waals surface area contributed by atoms with E-state index < -0.39 is 10.1 Å². The second-order valence-electron chi connectivity index (χ2n) is 10.1. The van der Waals surface area contributed by atoms with Gasteiger partial charge in [0.25, 0.3) is 0 Å². The predicted octanol–water partition coefficient (Wildman–Crippen LogP) is 9.36. The topological polar surface area (TPSA) is 57.2 Å². The van der Waals surface area contributed by atoms with Gasteiger partial charge in [-0.15, -0.1) is 0 Å². The molecule has 4 rings (SSSR count). The molecule has 0 aromatic heterocycles. The zero-order chi connectivity index (χ0) is 28.6. The quantitative estimate of drug-likeness (QED) is 0.0908. The van der Waals surface area contributed by atoms with Gasteiger partial charge in [-0.1, -0.05) is 118 Å². The summed E-state index contributed by atoms with van der Waals surface area (Å²) >= 11 is 0. The van der Waals surface area contributed by atoms with Crippen molar-refractivity contribution in [2.24, 2.45) is 0 Å². The number of rotatable bonds is 13. The predicted molar refractivity (Wildman–Crippen MR) is 167 cm³/mol. The number of unbranched alkanes of at least 4 members (excludes halogenated alkanes) is 7. The molecule has 212 valence electrons. The van der Waals surface area contributed by atoms with Crippen LogP contribution in [0.15, 0.2) is 129 Å². The minimum atomic E-state index is -4.27. The van der Waals surface area contributed by atoms with Gasteiger partial charge in [-0.05, 0) is 73.9 Å². The minimum Gasteiger partial charge on any atom is -0.744 e. The van der Waals surface area contributed by atoms with Crippen molar-refractivity contribution in [3.63, 3.8) is 0 Å². The van der Waals surface area contributed by atoms with Gasteiger partial charge < -0.3 is 4.55 Å². The fraction of sp³-hybridized carbons (Fsp3) is 0.314. The van der Waals surface area contributed by atoms with Crippen LogP contribution in [0.2, 0.25) is 0 Å². The van der Waals surface area contributed by atoms with E-state index in [1.807, 2.05) is 6.92 Å². The number of aryl methyl sites for hydroxylation is 2. The van der Waals surface area contributed by atoms with Crippen LogP contribution in [0.4, 0.5) is 0 Å². The molecule has 3 nitrogen and oxygen atoms in total. The van der Waals surface area contributed by atoms with E-state index in [1.165, 1.54) is 90.2 Å². The molecule has 0 aliphatic rings. The molecule has 5 heteroatoms. The Hall–Kier alpha value is -2.86. The summed E-state index contributed by atoms with van der Waals surface area (Å²) in [7, 11) is -4.31. The molecule has 4 aromatic carbocycles. The van der Waals surface area contributed by atoms with Crippen molar-refractivity contribution in [1.82, 2.24) is 0 Å². The van der Waals surface area contributed by atoms with Crippen LogP contribution >= 0.6 is 0 Å². The van der Waals surface area contributed by atoms with E-state index >= 15 is 0 Å². The van der Waals surface area contributed by atoms with Gasteiger partial charge in [0, 0.05) is 0 Å². The molecule has 0 bridgehead atoms. The number of hydrogen-bond donors (Lipinski definition) is 0. The molecule has 0 amide bonds. The van der Waals surface area contributed by atoms with Gasteiger partial charge in [0.15, 0.2) is 14.7 Å². The Bertz CT molecular complexity index is 1300. The smallest absolute Gasteiger partial charge is 0.166 e. The van der Waals surface area contributed by atoms with Crippen molar-refractivity contribution in [2.45, 2.75) is 91.2 Å². The normalized spacial score (nSPS) is 11.2. The molecule has 0 N–H and O–H groups in total. The lowest BCUT2D eigenvalue weighted by Gasteiger charge is -2.09. The van der Waals surface area contributed by atoms with Crippen LogP contribution < -0.4 is 0 Å². The summed E-state index contributed by atoms with van der Waals surface area (Å²) in [4.78, 5) is 3.99. The van der Waals surface area contributed by atoms with E-state index in [9.17, 15) is 13.0 Å². The fourth-order valence-electron chi connectivity index (χ4n) is 4.48. The average molecular weight is 575 g/mol. The van der Waals surface area contributed by atoms with E-state index in [0.29, 0.717) is 0 Å². The fourth-order valence-corrected chi connectivity index (χ4v) is 7.03. The van der Waals surface area contributed by atoms with E-state index in [0.717, 1.165) is 5.56 Å². The van der Waals surface area contributed by atoms with Crippen molar-refractivity contribution in [2.75, 3.05) is 0 Å². The molecule has 0 heterocycles. The first-order valence-electron chi connectivity index (χ1n) is 14.3. The molecule has 0 saturated heterocycles. The monoisotopic (exact) mass is 574 g/mol. The first-order chi connectivity index (χ1) is 19.4. The summed E-state index contributed by atoms with van der Waals surface area (Å²) in [5, 5.41) is 0. The average Bonchev–Trinajstić information content (AvgIpc) is 2.97. The zero-order valence-electron chi connectivity index (χ0n) is 23.8. The van der Waals surface area contributed by atoms with Crippen LogP contribution in [0, 0.1) is 6.92 Å². The lowest BCUT2D eigenvalue weighted by atomic mass is 10.0. The minimum absolute atomic E-state index is 0.0360. The van der Waals surface area contributed by atoms with Gasteiger partial charge in [-0.3, -0.25) is 0 Å². The maximum Gasteiger partial charge on any atom is 0.166 e. The number of hydrogen-bond acceptors (Lipinski definition) is 3. The van der Waals surface area contributed by atoms with Crippen molar-refractivity contribution < 1.29 is 13.0 Å². The third kappa shape index (κ3) is 11.0. The van der Waals surface area contributed by atoms with Crippen LogP contribution in [0.3, 0.4) is 0 Å². The van der Waals surface area contributed by atoms with Crippen LogP contribution in [-0.2, 0) is 27.4 Å². The van der Waals surface area contributed by atoms with Crippen molar-refractivity contribution in [3.8, 4) is 0 Å². The summed E-state index contributed by atoms with van der Waals surface area (Å²) in [6, 6.07) is 37.0. The lowest BCUT2D eigenvalue weighted by molar-refractivity contribution is 0.463. The molecule has 0 fully saturated rings. The van der Waals surface area contributed by atoms with Crippen LogP contribution in [-0.4, -0.2) is 13.0 Å². The van der Waals surface area contributed by atoms with Gasteiger partial charge in [-0.25, -0.2) is 8.42 Å². The van der Waals surface area contributed by atoms with E-state index in [-0.39, 0.29) is 15.8 Å². The van der Waals surface area contributed by atoms with Gasteiger partial charge >= 0.3 is 0 Å². The van der Waals surface area contributed by atoms with Crippen LogP contribution in [0.25, 0.3) is 0 Å². The molecule has 0 aliphatic heterocycles. The second kappa shape index (κ2) is 17.1. The zero-order valence-corrected chi connectivity index (χ0v) is 25.4. The van der Waals surface area contributed by atoms with E-state index in [4.69, 9.17) is 0 Å².